The molecular formula is C34H58O6. The Kier molecular flexibility index (Phi) is 21.8. The molecule has 6 nitrogen and oxygen atoms in total. The van der Waals surface area contributed by atoms with Crippen molar-refractivity contribution in [2.75, 3.05) is 33.5 Å². The second-order valence-corrected chi connectivity index (χ2v) is 10.4. The number of unbranched alkanes of at least 4 members (excludes halogenated alkanes) is 12. The molecule has 0 spiro atoms. The summed E-state index contributed by atoms with van der Waals surface area (Å²) in [6.45, 7) is 11.1. The Bertz CT molecular complexity index is 754. The molecule has 0 saturated heterocycles. The van der Waals surface area contributed by atoms with E-state index in [2.05, 4.69) is 27.7 Å². The molecule has 230 valence electrons. The predicted molar refractivity (Wildman–Crippen MR) is 166 cm³/mol. The third-order valence-corrected chi connectivity index (χ3v) is 6.79. The molecule has 40 heavy (non-hydrogen) atoms. The topological polar surface area (TPSA) is 63.2 Å². The van der Waals surface area contributed by atoms with Crippen molar-refractivity contribution in [2.24, 2.45) is 0 Å². The molecule has 0 fully saturated rings. The van der Waals surface area contributed by atoms with Gasteiger partial charge in [0.25, 0.3) is 0 Å². The van der Waals surface area contributed by atoms with Gasteiger partial charge in [0, 0.05) is 12.1 Å². The van der Waals surface area contributed by atoms with E-state index in [1.165, 1.54) is 64.6 Å². The van der Waals surface area contributed by atoms with Crippen LogP contribution in [0.25, 0.3) is 6.08 Å². The number of esters is 1. The Balaban J connectivity index is 3.43. The molecule has 1 aromatic rings. The van der Waals surface area contributed by atoms with Gasteiger partial charge in [-0.3, -0.25) is 0 Å². The van der Waals surface area contributed by atoms with E-state index >= 15 is 0 Å². The van der Waals surface area contributed by atoms with Gasteiger partial charge >= 0.3 is 5.97 Å². The van der Waals surface area contributed by atoms with E-state index in [9.17, 15) is 4.79 Å². The van der Waals surface area contributed by atoms with Crippen LogP contribution in [0.5, 0.6) is 23.0 Å². The predicted octanol–water partition coefficient (Wildman–Crippen LogP) is 9.71. The summed E-state index contributed by atoms with van der Waals surface area (Å²) in [7, 11) is 1.38. The zero-order valence-corrected chi connectivity index (χ0v) is 26.3. The molecule has 6 heteroatoms. The van der Waals surface area contributed by atoms with E-state index in [0.717, 1.165) is 51.4 Å². The number of rotatable bonds is 26. The van der Waals surface area contributed by atoms with Gasteiger partial charge < -0.3 is 23.7 Å². The molecule has 0 N–H and O–H groups in total. The summed E-state index contributed by atoms with van der Waals surface area (Å²) >= 11 is 0. The normalized spacial score (nSPS) is 11.1. The van der Waals surface area contributed by atoms with Crippen LogP contribution < -0.4 is 18.9 Å². The summed E-state index contributed by atoms with van der Waals surface area (Å²) in [5.41, 5.74) is 0.672. The summed E-state index contributed by atoms with van der Waals surface area (Å²) in [4.78, 5) is 12.1. The van der Waals surface area contributed by atoms with Gasteiger partial charge in [0.05, 0.1) is 39.1 Å². The molecular weight excluding hydrogens is 504 g/mol. The Morgan fingerprint density at radius 3 is 1.30 bits per heavy atom. The van der Waals surface area contributed by atoms with Gasteiger partial charge in [-0.25, -0.2) is 4.79 Å². The molecule has 1 aromatic carbocycles. The number of benzene rings is 1. The lowest BCUT2D eigenvalue weighted by Crippen LogP contribution is -2.09. The molecule has 0 aromatic heterocycles. The zero-order chi connectivity index (χ0) is 29.3. The fourth-order valence-corrected chi connectivity index (χ4v) is 4.33. The number of carbonyl (C=O) groups excluding carboxylic acids is 1. The van der Waals surface area contributed by atoms with Gasteiger partial charge in [0.1, 0.15) is 0 Å². The number of hydrogen-bond donors (Lipinski definition) is 0. The third kappa shape index (κ3) is 15.4. The highest BCUT2D eigenvalue weighted by Gasteiger charge is 2.22. The van der Waals surface area contributed by atoms with Crippen LogP contribution in [-0.4, -0.2) is 39.5 Å². The van der Waals surface area contributed by atoms with Gasteiger partial charge in [-0.05, 0) is 31.8 Å². The van der Waals surface area contributed by atoms with Crippen molar-refractivity contribution in [3.8, 4) is 23.0 Å². The fourth-order valence-electron chi connectivity index (χ4n) is 4.33. The molecule has 0 atom stereocenters. The first-order valence-electron chi connectivity index (χ1n) is 16.1. The Morgan fingerprint density at radius 1 is 0.575 bits per heavy atom. The molecule has 1 rings (SSSR count). The van der Waals surface area contributed by atoms with Crippen molar-refractivity contribution in [1.82, 2.24) is 0 Å². The number of ether oxygens (including phenoxy) is 5. The Labute approximate surface area is 245 Å². The summed E-state index contributed by atoms with van der Waals surface area (Å²) in [6.07, 6.45) is 20.9. The van der Waals surface area contributed by atoms with Crippen molar-refractivity contribution in [3.63, 3.8) is 0 Å². The number of carbonyl (C=O) groups is 1. The van der Waals surface area contributed by atoms with E-state index < -0.39 is 5.97 Å². The van der Waals surface area contributed by atoms with E-state index in [-0.39, 0.29) is 0 Å². The number of methoxy groups -OCH3 is 1. The van der Waals surface area contributed by atoms with E-state index in [4.69, 9.17) is 23.7 Å². The molecule has 0 heterocycles. The molecule has 0 aliphatic carbocycles. The van der Waals surface area contributed by atoms with Crippen LogP contribution in [0.2, 0.25) is 0 Å². The molecule has 0 saturated carbocycles. The maximum Gasteiger partial charge on any atom is 0.330 e. The zero-order valence-electron chi connectivity index (χ0n) is 26.3. The van der Waals surface area contributed by atoms with Gasteiger partial charge in [-0.1, -0.05) is 105 Å². The molecule has 0 unspecified atom stereocenters. The standard InChI is InChI=1S/C34H58O6/c1-6-10-14-18-24-37-30-28-31(38-25-19-15-11-7-2)34(40-27-21-17-13-9-4)29(22-23-32(35)36-5)33(30)39-26-20-16-12-8-3/h22-23,28H,6-21,24-27H2,1-5H3. The van der Waals surface area contributed by atoms with Gasteiger partial charge in [0.2, 0.25) is 0 Å². The second-order valence-electron chi connectivity index (χ2n) is 10.4. The highest BCUT2D eigenvalue weighted by Crippen LogP contribution is 2.46. The van der Waals surface area contributed by atoms with Crippen LogP contribution in [-0.2, 0) is 9.53 Å². The average molecular weight is 563 g/mol. The average Bonchev–Trinajstić information content (AvgIpc) is 2.96. The molecule has 0 aliphatic rings. The summed E-state index contributed by atoms with van der Waals surface area (Å²) in [5, 5.41) is 0. The molecule has 0 aliphatic heterocycles. The Hall–Kier alpha value is -2.37. The second kappa shape index (κ2) is 24.4. The van der Waals surface area contributed by atoms with Crippen molar-refractivity contribution in [2.45, 2.75) is 130 Å². The fraction of sp³-hybridized carbons (Fsp3) is 0.735. The summed E-state index contributed by atoms with van der Waals surface area (Å²) < 4.78 is 30.3. The Morgan fingerprint density at radius 2 is 0.950 bits per heavy atom. The summed E-state index contributed by atoms with van der Waals surface area (Å²) in [6, 6.07) is 1.93. The SMILES string of the molecule is CCCCCCOc1cc(OCCCCCC)c(OCCCCCC)c(C=CC(=O)OC)c1OCCCCCC. The van der Waals surface area contributed by atoms with Crippen LogP contribution in [0.15, 0.2) is 12.1 Å². The van der Waals surface area contributed by atoms with Crippen molar-refractivity contribution < 1.29 is 28.5 Å². The van der Waals surface area contributed by atoms with Crippen molar-refractivity contribution in [3.05, 3.63) is 17.7 Å². The van der Waals surface area contributed by atoms with Crippen LogP contribution in [0, 0.1) is 0 Å². The van der Waals surface area contributed by atoms with Gasteiger partial charge in [0.15, 0.2) is 23.0 Å². The first-order valence-corrected chi connectivity index (χ1v) is 16.1. The summed E-state index contributed by atoms with van der Waals surface area (Å²) in [5.74, 6) is 2.05. The van der Waals surface area contributed by atoms with Crippen molar-refractivity contribution >= 4 is 12.0 Å². The first kappa shape index (κ1) is 35.7. The lowest BCUT2D eigenvalue weighted by atomic mass is 10.1. The third-order valence-electron chi connectivity index (χ3n) is 6.79. The van der Waals surface area contributed by atoms with Crippen LogP contribution in [0.1, 0.15) is 136 Å². The maximum absolute atomic E-state index is 12.1. The van der Waals surface area contributed by atoms with Gasteiger partial charge in [-0.15, -0.1) is 0 Å². The van der Waals surface area contributed by atoms with E-state index in [0.29, 0.717) is 55.0 Å². The molecule has 0 radical (unpaired) electrons. The minimum atomic E-state index is -0.435. The largest absolute Gasteiger partial charge is 0.490 e. The smallest absolute Gasteiger partial charge is 0.330 e. The quantitative estimate of drug-likeness (QED) is 0.0636. The monoisotopic (exact) mass is 562 g/mol. The van der Waals surface area contributed by atoms with E-state index in [1.54, 1.807) is 6.08 Å². The number of hydrogen-bond acceptors (Lipinski definition) is 6. The van der Waals surface area contributed by atoms with Crippen LogP contribution in [0.4, 0.5) is 0 Å². The van der Waals surface area contributed by atoms with Gasteiger partial charge in [-0.2, -0.15) is 0 Å². The van der Waals surface area contributed by atoms with Crippen molar-refractivity contribution in [1.29, 1.82) is 0 Å². The highest BCUT2D eigenvalue weighted by molar-refractivity contribution is 5.89. The molecule has 0 amide bonds. The van der Waals surface area contributed by atoms with Crippen LogP contribution >= 0.6 is 0 Å². The minimum absolute atomic E-state index is 0.435. The maximum atomic E-state index is 12.1. The lowest BCUT2D eigenvalue weighted by Gasteiger charge is -2.22. The van der Waals surface area contributed by atoms with E-state index in [1.807, 2.05) is 6.07 Å². The minimum Gasteiger partial charge on any atom is -0.490 e. The molecule has 0 bridgehead atoms. The highest BCUT2D eigenvalue weighted by atomic mass is 16.5. The van der Waals surface area contributed by atoms with Crippen LogP contribution in [0.3, 0.4) is 0 Å². The first-order chi connectivity index (χ1) is 19.6. The lowest BCUT2D eigenvalue weighted by molar-refractivity contribution is -0.134.